The van der Waals surface area contributed by atoms with Gasteiger partial charge in [0.25, 0.3) is 0 Å². The monoisotopic (exact) mass is 269 g/mol. The third kappa shape index (κ3) is 2.48. The minimum atomic E-state index is 0.579. The summed E-state index contributed by atoms with van der Waals surface area (Å²) in [5.41, 5.74) is 0. The highest BCUT2D eigenvalue weighted by Gasteiger charge is 2.23. The number of nitrogens with zero attached hydrogens (tertiary/aromatic N) is 3. The molecule has 1 saturated heterocycles. The van der Waals surface area contributed by atoms with Crippen molar-refractivity contribution in [1.82, 2.24) is 9.97 Å². The van der Waals surface area contributed by atoms with Crippen LogP contribution in [0.25, 0.3) is 0 Å². The molecule has 15 heavy (non-hydrogen) atoms. The largest absolute Gasteiger partial charge is 0.354 e. The lowest BCUT2D eigenvalue weighted by Crippen LogP contribution is -2.40. The van der Waals surface area contributed by atoms with Crippen LogP contribution in [-0.4, -0.2) is 22.6 Å². The molecule has 82 valence electrons. The van der Waals surface area contributed by atoms with Crippen LogP contribution in [0, 0.1) is 5.92 Å². The Labute approximate surface area is 99.0 Å². The molecule has 3 nitrogen and oxygen atoms in total. The van der Waals surface area contributed by atoms with Crippen molar-refractivity contribution in [2.45, 2.75) is 32.7 Å². The highest BCUT2D eigenvalue weighted by molar-refractivity contribution is 9.10. The Kier molecular flexibility index (Phi) is 3.24. The van der Waals surface area contributed by atoms with E-state index in [1.165, 1.54) is 12.8 Å². The number of rotatable bonds is 1. The van der Waals surface area contributed by atoms with Gasteiger partial charge in [-0.05, 0) is 41.6 Å². The maximum Gasteiger partial charge on any atom is 0.133 e. The van der Waals surface area contributed by atoms with Gasteiger partial charge in [-0.15, -0.1) is 0 Å². The van der Waals surface area contributed by atoms with Crippen LogP contribution >= 0.6 is 15.9 Å². The van der Waals surface area contributed by atoms with Crippen molar-refractivity contribution in [3.8, 4) is 0 Å². The van der Waals surface area contributed by atoms with Gasteiger partial charge in [-0.1, -0.05) is 6.92 Å². The third-order valence-electron chi connectivity index (χ3n) is 3.05. The molecule has 1 aromatic rings. The average Bonchev–Trinajstić information content (AvgIpc) is 2.17. The zero-order valence-corrected chi connectivity index (χ0v) is 10.7. The topological polar surface area (TPSA) is 29.0 Å². The van der Waals surface area contributed by atoms with Crippen LogP contribution in [0.4, 0.5) is 5.82 Å². The Balaban J connectivity index is 2.17. The lowest BCUT2D eigenvalue weighted by molar-refractivity contribution is 0.376. The first kappa shape index (κ1) is 10.9. The van der Waals surface area contributed by atoms with Gasteiger partial charge in [0.2, 0.25) is 0 Å². The van der Waals surface area contributed by atoms with Gasteiger partial charge in [0, 0.05) is 18.7 Å². The Morgan fingerprint density at radius 2 is 2.20 bits per heavy atom. The van der Waals surface area contributed by atoms with Crippen molar-refractivity contribution in [3.05, 3.63) is 17.0 Å². The van der Waals surface area contributed by atoms with Crippen molar-refractivity contribution in [3.63, 3.8) is 0 Å². The summed E-state index contributed by atoms with van der Waals surface area (Å²) in [6.45, 7) is 5.70. The lowest BCUT2D eigenvalue weighted by Gasteiger charge is -2.37. The molecule has 0 bridgehead atoms. The number of hydrogen-bond donors (Lipinski definition) is 0. The summed E-state index contributed by atoms with van der Waals surface area (Å²) < 4.78 is 0.860. The predicted octanol–water partition coefficient (Wildman–Crippen LogP) is 2.86. The van der Waals surface area contributed by atoms with Gasteiger partial charge in [0.1, 0.15) is 16.7 Å². The number of aromatic nitrogens is 2. The minimum absolute atomic E-state index is 0.579. The summed E-state index contributed by atoms with van der Waals surface area (Å²) >= 11 is 3.38. The van der Waals surface area contributed by atoms with Crippen LogP contribution in [0.5, 0.6) is 0 Å². The molecule has 2 atom stereocenters. The second-order valence-electron chi connectivity index (χ2n) is 4.37. The maximum absolute atomic E-state index is 4.32. The van der Waals surface area contributed by atoms with Crippen LogP contribution in [0.2, 0.25) is 0 Å². The number of anilines is 1. The molecule has 0 radical (unpaired) electrons. The lowest BCUT2D eigenvalue weighted by atomic mass is 9.93. The summed E-state index contributed by atoms with van der Waals surface area (Å²) in [6.07, 6.45) is 4.12. The van der Waals surface area contributed by atoms with Crippen LogP contribution < -0.4 is 4.90 Å². The SMILES string of the molecule is CC1CCN(c2cc(Br)ncn2)C(C)C1. The van der Waals surface area contributed by atoms with E-state index in [4.69, 9.17) is 0 Å². The molecule has 0 aliphatic carbocycles. The quantitative estimate of drug-likeness (QED) is 0.735. The molecule has 2 heterocycles. The first-order chi connectivity index (χ1) is 7.16. The number of halogens is 1. The molecule has 0 saturated carbocycles. The van der Waals surface area contributed by atoms with E-state index in [1.807, 2.05) is 6.07 Å². The summed E-state index contributed by atoms with van der Waals surface area (Å²) in [7, 11) is 0. The van der Waals surface area contributed by atoms with Crippen molar-refractivity contribution in [1.29, 1.82) is 0 Å². The molecule has 1 fully saturated rings. The fraction of sp³-hybridized carbons (Fsp3) is 0.636. The Hall–Kier alpha value is -0.640. The van der Waals surface area contributed by atoms with E-state index in [0.29, 0.717) is 6.04 Å². The summed E-state index contributed by atoms with van der Waals surface area (Å²) in [6, 6.07) is 2.57. The van der Waals surface area contributed by atoms with Gasteiger partial charge in [-0.25, -0.2) is 9.97 Å². The zero-order chi connectivity index (χ0) is 10.8. The van der Waals surface area contributed by atoms with E-state index < -0.39 is 0 Å². The van der Waals surface area contributed by atoms with Crippen molar-refractivity contribution in [2.75, 3.05) is 11.4 Å². The van der Waals surface area contributed by atoms with Crippen LogP contribution in [0.15, 0.2) is 17.0 Å². The van der Waals surface area contributed by atoms with E-state index >= 15 is 0 Å². The molecule has 0 amide bonds. The third-order valence-corrected chi connectivity index (χ3v) is 3.49. The highest BCUT2D eigenvalue weighted by atomic mass is 79.9. The predicted molar refractivity (Wildman–Crippen MR) is 64.9 cm³/mol. The second-order valence-corrected chi connectivity index (χ2v) is 5.18. The van der Waals surface area contributed by atoms with E-state index in [9.17, 15) is 0 Å². The first-order valence-electron chi connectivity index (χ1n) is 5.41. The fourth-order valence-corrected chi connectivity index (χ4v) is 2.53. The van der Waals surface area contributed by atoms with E-state index in [0.717, 1.165) is 22.9 Å². The van der Waals surface area contributed by atoms with E-state index in [1.54, 1.807) is 6.33 Å². The number of hydrogen-bond acceptors (Lipinski definition) is 3. The molecule has 0 N–H and O–H groups in total. The smallest absolute Gasteiger partial charge is 0.133 e. The molecule has 0 aromatic carbocycles. The van der Waals surface area contributed by atoms with Gasteiger partial charge in [-0.3, -0.25) is 0 Å². The minimum Gasteiger partial charge on any atom is -0.354 e. The molecule has 2 unspecified atom stereocenters. The summed E-state index contributed by atoms with van der Waals surface area (Å²) in [5.74, 6) is 1.87. The van der Waals surface area contributed by atoms with E-state index in [-0.39, 0.29) is 0 Å². The fourth-order valence-electron chi connectivity index (χ4n) is 2.23. The van der Waals surface area contributed by atoms with Gasteiger partial charge >= 0.3 is 0 Å². The summed E-state index contributed by atoms with van der Waals surface area (Å²) in [5, 5.41) is 0. The highest BCUT2D eigenvalue weighted by Crippen LogP contribution is 2.26. The van der Waals surface area contributed by atoms with Crippen molar-refractivity contribution < 1.29 is 0 Å². The molecular formula is C11H16BrN3. The van der Waals surface area contributed by atoms with Crippen molar-refractivity contribution >= 4 is 21.7 Å². The van der Waals surface area contributed by atoms with Gasteiger partial charge in [0.05, 0.1) is 0 Å². The van der Waals surface area contributed by atoms with Crippen LogP contribution in [0.1, 0.15) is 26.7 Å². The molecule has 2 rings (SSSR count). The normalized spacial score (nSPS) is 26.7. The Bertz CT molecular complexity index is 342. The van der Waals surface area contributed by atoms with Gasteiger partial charge < -0.3 is 4.90 Å². The summed E-state index contributed by atoms with van der Waals surface area (Å²) in [4.78, 5) is 10.7. The molecule has 4 heteroatoms. The van der Waals surface area contributed by atoms with Crippen LogP contribution in [0.3, 0.4) is 0 Å². The van der Waals surface area contributed by atoms with Crippen molar-refractivity contribution in [2.24, 2.45) is 5.92 Å². The van der Waals surface area contributed by atoms with Gasteiger partial charge in [-0.2, -0.15) is 0 Å². The Morgan fingerprint density at radius 3 is 2.87 bits per heavy atom. The maximum atomic E-state index is 4.32. The molecule has 1 aliphatic heterocycles. The first-order valence-corrected chi connectivity index (χ1v) is 6.20. The van der Waals surface area contributed by atoms with Gasteiger partial charge in [0.15, 0.2) is 0 Å². The zero-order valence-electron chi connectivity index (χ0n) is 9.15. The molecule has 1 aliphatic rings. The van der Waals surface area contributed by atoms with E-state index in [2.05, 4.69) is 44.6 Å². The average molecular weight is 270 g/mol. The Morgan fingerprint density at radius 1 is 1.40 bits per heavy atom. The number of piperidine rings is 1. The van der Waals surface area contributed by atoms with Crippen LogP contribution in [-0.2, 0) is 0 Å². The molecule has 0 spiro atoms. The molecular weight excluding hydrogens is 254 g/mol. The molecule has 1 aromatic heterocycles. The standard InChI is InChI=1S/C11H16BrN3/c1-8-3-4-15(9(2)5-8)11-6-10(12)13-7-14-11/h6-9H,3-5H2,1-2H3. The second kappa shape index (κ2) is 4.47.